The van der Waals surface area contributed by atoms with E-state index in [-0.39, 0.29) is 18.6 Å². The predicted molar refractivity (Wildman–Crippen MR) is 72.6 cm³/mol. The summed E-state index contributed by atoms with van der Waals surface area (Å²) in [6.07, 6.45) is 0. The van der Waals surface area contributed by atoms with Crippen LogP contribution in [0.4, 0.5) is 0 Å². The fourth-order valence-corrected chi connectivity index (χ4v) is 1.49. The summed E-state index contributed by atoms with van der Waals surface area (Å²) in [4.78, 5) is 11.4. The lowest BCUT2D eigenvalue weighted by atomic mass is 10.2. The summed E-state index contributed by atoms with van der Waals surface area (Å²) in [7, 11) is 0. The van der Waals surface area contributed by atoms with Crippen molar-refractivity contribution in [2.24, 2.45) is 0 Å². The van der Waals surface area contributed by atoms with Crippen LogP contribution in [0.3, 0.4) is 0 Å². The van der Waals surface area contributed by atoms with Crippen LogP contribution in [0.25, 0.3) is 0 Å². The molecule has 0 aliphatic carbocycles. The van der Waals surface area contributed by atoms with Crippen LogP contribution in [0.5, 0.6) is 5.75 Å². The minimum Gasteiger partial charge on any atom is -0.484 e. The first-order valence-corrected chi connectivity index (χ1v) is 6.33. The van der Waals surface area contributed by atoms with Crippen molar-refractivity contribution in [3.05, 3.63) is 29.8 Å². The number of carbonyl (C=O) groups is 1. The Morgan fingerprint density at radius 2 is 1.94 bits per heavy atom. The maximum atomic E-state index is 11.4. The van der Waals surface area contributed by atoms with Crippen LogP contribution in [0, 0.1) is 0 Å². The molecule has 1 aromatic carbocycles. The lowest BCUT2D eigenvalue weighted by Gasteiger charge is -2.10. The van der Waals surface area contributed by atoms with Gasteiger partial charge in [-0.3, -0.25) is 4.79 Å². The molecule has 0 bridgehead atoms. The Kier molecular flexibility index (Phi) is 6.22. The van der Waals surface area contributed by atoms with E-state index in [0.29, 0.717) is 5.75 Å². The van der Waals surface area contributed by atoms with Gasteiger partial charge < -0.3 is 15.4 Å². The number of benzene rings is 1. The summed E-state index contributed by atoms with van der Waals surface area (Å²) in [6, 6.07) is 7.91. The van der Waals surface area contributed by atoms with Crippen LogP contribution in [0.15, 0.2) is 24.3 Å². The molecule has 4 heteroatoms. The molecule has 100 valence electrons. The summed E-state index contributed by atoms with van der Waals surface area (Å²) < 4.78 is 5.40. The molecule has 0 spiro atoms. The van der Waals surface area contributed by atoms with Crippen molar-refractivity contribution in [2.45, 2.75) is 33.4 Å². The van der Waals surface area contributed by atoms with Crippen molar-refractivity contribution in [2.75, 3.05) is 13.2 Å². The molecule has 0 fully saturated rings. The summed E-state index contributed by atoms with van der Waals surface area (Å²) in [5.41, 5.74) is 1.20. The molecule has 0 atom stereocenters. The van der Waals surface area contributed by atoms with Crippen LogP contribution in [0.1, 0.15) is 26.3 Å². The number of amides is 1. The van der Waals surface area contributed by atoms with Gasteiger partial charge in [-0.25, -0.2) is 0 Å². The second kappa shape index (κ2) is 7.71. The highest BCUT2D eigenvalue weighted by Gasteiger charge is 2.04. The Bertz CT molecular complexity index is 361. The highest BCUT2D eigenvalue weighted by molar-refractivity contribution is 5.77. The standard InChI is InChI=1S/C14H22N2O2/c1-4-15-9-12-5-7-13(8-6-12)18-10-14(17)16-11(2)3/h5-8,11,15H,4,9-10H2,1-3H3,(H,16,17). The van der Waals surface area contributed by atoms with Gasteiger partial charge in [0.1, 0.15) is 5.75 Å². The van der Waals surface area contributed by atoms with Crippen LogP contribution < -0.4 is 15.4 Å². The molecule has 1 amide bonds. The average Bonchev–Trinajstić information content (AvgIpc) is 2.34. The molecule has 0 saturated heterocycles. The highest BCUT2D eigenvalue weighted by Crippen LogP contribution is 2.11. The zero-order valence-corrected chi connectivity index (χ0v) is 11.3. The minimum atomic E-state index is -0.0956. The van der Waals surface area contributed by atoms with Crippen molar-refractivity contribution in [1.82, 2.24) is 10.6 Å². The van der Waals surface area contributed by atoms with Crippen molar-refractivity contribution in [3.8, 4) is 5.75 Å². The van der Waals surface area contributed by atoms with Crippen LogP contribution >= 0.6 is 0 Å². The van der Waals surface area contributed by atoms with E-state index in [4.69, 9.17) is 4.74 Å². The van der Waals surface area contributed by atoms with Gasteiger partial charge in [0.15, 0.2) is 6.61 Å². The second-order valence-corrected chi connectivity index (χ2v) is 4.44. The van der Waals surface area contributed by atoms with Gasteiger partial charge in [-0.05, 0) is 38.1 Å². The van der Waals surface area contributed by atoms with Gasteiger partial charge in [0, 0.05) is 12.6 Å². The minimum absolute atomic E-state index is 0.0603. The number of rotatable bonds is 7. The predicted octanol–water partition coefficient (Wildman–Crippen LogP) is 1.70. The lowest BCUT2D eigenvalue weighted by molar-refractivity contribution is -0.123. The maximum Gasteiger partial charge on any atom is 0.258 e. The Hall–Kier alpha value is -1.55. The molecule has 1 rings (SSSR count). The molecule has 2 N–H and O–H groups in total. The largest absolute Gasteiger partial charge is 0.484 e. The topological polar surface area (TPSA) is 50.4 Å². The molecule has 1 aromatic rings. The van der Waals surface area contributed by atoms with Crippen molar-refractivity contribution < 1.29 is 9.53 Å². The van der Waals surface area contributed by atoms with E-state index in [1.165, 1.54) is 5.56 Å². The van der Waals surface area contributed by atoms with E-state index in [2.05, 4.69) is 17.6 Å². The number of nitrogens with one attached hydrogen (secondary N) is 2. The molecule has 0 aliphatic rings. The number of hydrogen-bond acceptors (Lipinski definition) is 3. The van der Waals surface area contributed by atoms with Gasteiger partial charge in [-0.15, -0.1) is 0 Å². The van der Waals surface area contributed by atoms with Gasteiger partial charge >= 0.3 is 0 Å². The first-order chi connectivity index (χ1) is 8.61. The Morgan fingerprint density at radius 1 is 1.28 bits per heavy atom. The van der Waals surface area contributed by atoms with Gasteiger partial charge in [-0.2, -0.15) is 0 Å². The zero-order chi connectivity index (χ0) is 13.4. The normalized spacial score (nSPS) is 10.4. The molecule has 0 aliphatic heterocycles. The quantitative estimate of drug-likeness (QED) is 0.774. The molecule has 0 saturated carbocycles. The Morgan fingerprint density at radius 3 is 2.50 bits per heavy atom. The Labute approximate surface area is 109 Å². The maximum absolute atomic E-state index is 11.4. The molecule has 0 aromatic heterocycles. The molecule has 0 radical (unpaired) electrons. The summed E-state index contributed by atoms with van der Waals surface area (Å²) in [5.74, 6) is 0.621. The van der Waals surface area contributed by atoms with E-state index in [0.717, 1.165) is 13.1 Å². The van der Waals surface area contributed by atoms with Gasteiger partial charge in [-0.1, -0.05) is 19.1 Å². The average molecular weight is 250 g/mol. The zero-order valence-electron chi connectivity index (χ0n) is 11.3. The van der Waals surface area contributed by atoms with Crippen LogP contribution in [-0.2, 0) is 11.3 Å². The highest BCUT2D eigenvalue weighted by atomic mass is 16.5. The number of carbonyl (C=O) groups excluding carboxylic acids is 1. The van der Waals surface area contributed by atoms with Crippen molar-refractivity contribution in [3.63, 3.8) is 0 Å². The lowest BCUT2D eigenvalue weighted by Crippen LogP contribution is -2.34. The van der Waals surface area contributed by atoms with E-state index >= 15 is 0 Å². The van der Waals surface area contributed by atoms with Crippen molar-refractivity contribution in [1.29, 1.82) is 0 Å². The van der Waals surface area contributed by atoms with Gasteiger partial charge in [0.25, 0.3) is 5.91 Å². The third-order valence-corrected chi connectivity index (χ3v) is 2.32. The first kappa shape index (κ1) is 14.5. The van der Waals surface area contributed by atoms with E-state index in [1.807, 2.05) is 38.1 Å². The van der Waals surface area contributed by atoms with E-state index in [1.54, 1.807) is 0 Å². The molecular weight excluding hydrogens is 228 g/mol. The molecule has 4 nitrogen and oxygen atoms in total. The molecule has 0 heterocycles. The van der Waals surface area contributed by atoms with Gasteiger partial charge in [0.05, 0.1) is 0 Å². The Balaban J connectivity index is 2.37. The summed E-state index contributed by atoms with van der Waals surface area (Å²) in [6.45, 7) is 7.79. The third kappa shape index (κ3) is 5.68. The van der Waals surface area contributed by atoms with Crippen LogP contribution in [-0.4, -0.2) is 25.1 Å². The number of ether oxygens (including phenoxy) is 1. The van der Waals surface area contributed by atoms with Gasteiger partial charge in [0.2, 0.25) is 0 Å². The summed E-state index contributed by atoms with van der Waals surface area (Å²) >= 11 is 0. The first-order valence-electron chi connectivity index (χ1n) is 6.33. The summed E-state index contributed by atoms with van der Waals surface area (Å²) in [5, 5.41) is 6.03. The fraction of sp³-hybridized carbons (Fsp3) is 0.500. The molecule has 18 heavy (non-hydrogen) atoms. The molecular formula is C14H22N2O2. The van der Waals surface area contributed by atoms with Crippen LogP contribution in [0.2, 0.25) is 0 Å². The smallest absolute Gasteiger partial charge is 0.258 e. The van der Waals surface area contributed by atoms with Crippen molar-refractivity contribution >= 4 is 5.91 Å². The van der Waals surface area contributed by atoms with E-state index in [9.17, 15) is 4.79 Å². The fourth-order valence-electron chi connectivity index (χ4n) is 1.49. The third-order valence-electron chi connectivity index (χ3n) is 2.32. The molecule has 0 unspecified atom stereocenters. The van der Waals surface area contributed by atoms with E-state index < -0.39 is 0 Å². The second-order valence-electron chi connectivity index (χ2n) is 4.44. The SMILES string of the molecule is CCNCc1ccc(OCC(=O)NC(C)C)cc1. The number of hydrogen-bond donors (Lipinski definition) is 2. The monoisotopic (exact) mass is 250 g/mol.